The maximum Gasteiger partial charge on any atom is 0.0702 e. The van der Waals surface area contributed by atoms with Crippen LogP contribution in [0.4, 0.5) is 0 Å². The summed E-state index contributed by atoms with van der Waals surface area (Å²) in [6, 6.07) is 0. The molecule has 0 N–H and O–H groups in total. The second-order valence-electron chi connectivity index (χ2n) is 9.17. The van der Waals surface area contributed by atoms with Gasteiger partial charge in [-0.05, 0) is 70.4 Å². The van der Waals surface area contributed by atoms with Crippen LogP contribution in [0.15, 0.2) is 0 Å². The van der Waals surface area contributed by atoms with Gasteiger partial charge in [0.1, 0.15) is 0 Å². The van der Waals surface area contributed by atoms with E-state index in [0.29, 0.717) is 18.1 Å². The van der Waals surface area contributed by atoms with Crippen molar-refractivity contribution in [1.29, 1.82) is 0 Å². The van der Waals surface area contributed by atoms with Gasteiger partial charge in [-0.25, -0.2) is 0 Å². The van der Waals surface area contributed by atoms with E-state index in [1.54, 1.807) is 7.11 Å². The van der Waals surface area contributed by atoms with E-state index in [0.717, 1.165) is 38.8 Å². The second kappa shape index (κ2) is 12.5. The first kappa shape index (κ1) is 22.5. The third kappa shape index (κ3) is 7.24. The molecular formula is C23H44N2O3. The Morgan fingerprint density at radius 2 is 1.79 bits per heavy atom. The minimum Gasteiger partial charge on any atom is -0.383 e. The van der Waals surface area contributed by atoms with Gasteiger partial charge < -0.3 is 24.0 Å². The molecule has 2 saturated heterocycles. The SMILES string of the molecule is CCOC1CCCCC1CN(CC1CCN(CCOC)CC1)CC1CCCO1. The van der Waals surface area contributed by atoms with Crippen molar-refractivity contribution >= 4 is 0 Å². The minimum absolute atomic E-state index is 0.455. The van der Waals surface area contributed by atoms with Gasteiger partial charge >= 0.3 is 0 Å². The van der Waals surface area contributed by atoms with Gasteiger partial charge in [0.25, 0.3) is 0 Å². The maximum absolute atomic E-state index is 6.13. The van der Waals surface area contributed by atoms with Crippen LogP contribution in [0.5, 0.6) is 0 Å². The summed E-state index contributed by atoms with van der Waals surface area (Å²) in [5.41, 5.74) is 0. The highest BCUT2D eigenvalue weighted by atomic mass is 16.5. The van der Waals surface area contributed by atoms with E-state index in [1.807, 2.05) is 0 Å². The molecule has 1 saturated carbocycles. The van der Waals surface area contributed by atoms with E-state index in [2.05, 4.69) is 16.7 Å². The van der Waals surface area contributed by atoms with Crippen LogP contribution in [0.3, 0.4) is 0 Å². The molecule has 3 unspecified atom stereocenters. The number of nitrogens with zero attached hydrogens (tertiary/aromatic N) is 2. The van der Waals surface area contributed by atoms with Crippen LogP contribution in [0.1, 0.15) is 58.3 Å². The predicted octanol–water partition coefficient (Wildman–Crippen LogP) is 3.42. The van der Waals surface area contributed by atoms with Crippen molar-refractivity contribution in [3.8, 4) is 0 Å². The smallest absolute Gasteiger partial charge is 0.0702 e. The van der Waals surface area contributed by atoms with Crippen molar-refractivity contribution < 1.29 is 14.2 Å². The number of piperidine rings is 1. The average Bonchev–Trinajstić information content (AvgIpc) is 3.22. The van der Waals surface area contributed by atoms with Gasteiger partial charge in [-0.15, -0.1) is 0 Å². The molecular weight excluding hydrogens is 352 g/mol. The molecule has 1 aliphatic carbocycles. The van der Waals surface area contributed by atoms with E-state index in [9.17, 15) is 0 Å². The Morgan fingerprint density at radius 1 is 0.964 bits per heavy atom. The lowest BCUT2D eigenvalue weighted by molar-refractivity contribution is -0.0249. The fourth-order valence-corrected chi connectivity index (χ4v) is 5.43. The fourth-order valence-electron chi connectivity index (χ4n) is 5.43. The normalized spacial score (nSPS) is 30.3. The van der Waals surface area contributed by atoms with Gasteiger partial charge in [0, 0.05) is 46.5 Å². The molecule has 3 atom stereocenters. The van der Waals surface area contributed by atoms with Crippen LogP contribution in [0.25, 0.3) is 0 Å². The Morgan fingerprint density at radius 3 is 2.50 bits per heavy atom. The summed E-state index contributed by atoms with van der Waals surface area (Å²) in [5.74, 6) is 1.53. The molecule has 28 heavy (non-hydrogen) atoms. The van der Waals surface area contributed by atoms with E-state index in [1.165, 1.54) is 77.5 Å². The Kier molecular flexibility index (Phi) is 10.0. The first-order chi connectivity index (χ1) is 13.8. The molecule has 0 aromatic heterocycles. The number of methoxy groups -OCH3 is 1. The number of rotatable bonds is 11. The van der Waals surface area contributed by atoms with Crippen molar-refractivity contribution in [2.75, 3.05) is 66.2 Å². The number of hydrogen-bond acceptors (Lipinski definition) is 5. The lowest BCUT2D eigenvalue weighted by atomic mass is 9.85. The molecule has 0 bridgehead atoms. The van der Waals surface area contributed by atoms with Crippen LogP contribution in [-0.2, 0) is 14.2 Å². The fraction of sp³-hybridized carbons (Fsp3) is 1.00. The molecule has 5 heteroatoms. The molecule has 0 aromatic carbocycles. The molecule has 0 radical (unpaired) electrons. The van der Waals surface area contributed by atoms with Gasteiger partial charge in [-0.1, -0.05) is 12.8 Å². The summed E-state index contributed by atoms with van der Waals surface area (Å²) < 4.78 is 17.4. The van der Waals surface area contributed by atoms with Gasteiger partial charge in [-0.2, -0.15) is 0 Å². The molecule has 0 aromatic rings. The molecule has 2 aliphatic heterocycles. The van der Waals surface area contributed by atoms with Crippen molar-refractivity contribution in [2.45, 2.75) is 70.5 Å². The van der Waals surface area contributed by atoms with Gasteiger partial charge in [0.2, 0.25) is 0 Å². The van der Waals surface area contributed by atoms with Crippen molar-refractivity contribution in [3.05, 3.63) is 0 Å². The van der Waals surface area contributed by atoms with Gasteiger partial charge in [0.15, 0.2) is 0 Å². The summed E-state index contributed by atoms with van der Waals surface area (Å²) >= 11 is 0. The monoisotopic (exact) mass is 396 g/mol. The summed E-state index contributed by atoms with van der Waals surface area (Å²) in [5, 5.41) is 0. The van der Waals surface area contributed by atoms with E-state index in [4.69, 9.17) is 14.2 Å². The molecule has 2 heterocycles. The van der Waals surface area contributed by atoms with E-state index >= 15 is 0 Å². The van der Waals surface area contributed by atoms with Crippen molar-refractivity contribution in [2.24, 2.45) is 11.8 Å². The summed E-state index contributed by atoms with van der Waals surface area (Å²) in [4.78, 5) is 5.32. The van der Waals surface area contributed by atoms with Crippen LogP contribution in [-0.4, -0.2) is 88.2 Å². The van der Waals surface area contributed by atoms with Crippen LogP contribution in [0, 0.1) is 11.8 Å². The van der Waals surface area contributed by atoms with E-state index in [-0.39, 0.29) is 0 Å². The number of ether oxygens (including phenoxy) is 3. The third-order valence-electron chi connectivity index (χ3n) is 7.03. The van der Waals surface area contributed by atoms with E-state index < -0.39 is 0 Å². The number of hydrogen-bond donors (Lipinski definition) is 0. The maximum atomic E-state index is 6.13. The third-order valence-corrected chi connectivity index (χ3v) is 7.03. The van der Waals surface area contributed by atoms with Crippen LogP contribution >= 0.6 is 0 Å². The van der Waals surface area contributed by atoms with Crippen LogP contribution in [0.2, 0.25) is 0 Å². The second-order valence-corrected chi connectivity index (χ2v) is 9.17. The number of likely N-dealkylation sites (tertiary alicyclic amines) is 1. The van der Waals surface area contributed by atoms with Gasteiger partial charge in [0.05, 0.1) is 18.8 Å². The topological polar surface area (TPSA) is 34.2 Å². The molecule has 0 spiro atoms. The Hall–Kier alpha value is -0.200. The Labute approximate surface area is 173 Å². The van der Waals surface area contributed by atoms with Gasteiger partial charge in [-0.3, -0.25) is 0 Å². The highest BCUT2D eigenvalue weighted by Gasteiger charge is 2.30. The van der Waals surface area contributed by atoms with Crippen molar-refractivity contribution in [3.63, 3.8) is 0 Å². The van der Waals surface area contributed by atoms with Crippen LogP contribution < -0.4 is 0 Å². The molecule has 164 valence electrons. The Balaban J connectivity index is 1.51. The Bertz CT molecular complexity index is 407. The minimum atomic E-state index is 0.455. The average molecular weight is 397 g/mol. The molecule has 0 amide bonds. The molecule has 3 fully saturated rings. The summed E-state index contributed by atoms with van der Waals surface area (Å²) in [6.45, 7) is 11.9. The summed E-state index contributed by atoms with van der Waals surface area (Å²) in [6.07, 6.45) is 11.4. The summed E-state index contributed by atoms with van der Waals surface area (Å²) in [7, 11) is 1.80. The lowest BCUT2D eigenvalue weighted by Gasteiger charge is -2.39. The zero-order chi connectivity index (χ0) is 19.6. The zero-order valence-electron chi connectivity index (χ0n) is 18.4. The molecule has 3 rings (SSSR count). The molecule has 3 aliphatic rings. The first-order valence-corrected chi connectivity index (χ1v) is 11.9. The standard InChI is InChI=1S/C23H44N2O3/c1-3-27-23-9-5-4-7-21(23)18-25(19-22-8-6-15-28-22)17-20-10-12-24(13-11-20)14-16-26-2/h20-23H,3-19H2,1-2H3. The highest BCUT2D eigenvalue weighted by molar-refractivity contribution is 4.83. The highest BCUT2D eigenvalue weighted by Crippen LogP contribution is 2.29. The zero-order valence-corrected chi connectivity index (χ0v) is 18.4. The first-order valence-electron chi connectivity index (χ1n) is 11.9. The lowest BCUT2D eigenvalue weighted by Crippen LogP contribution is -2.45. The quantitative estimate of drug-likeness (QED) is 0.535. The predicted molar refractivity (Wildman–Crippen MR) is 114 cm³/mol. The molecule has 5 nitrogen and oxygen atoms in total. The van der Waals surface area contributed by atoms with Crippen molar-refractivity contribution in [1.82, 2.24) is 9.80 Å². The largest absolute Gasteiger partial charge is 0.383 e.